The van der Waals surface area contributed by atoms with Crippen molar-refractivity contribution < 1.29 is 33.4 Å². The van der Waals surface area contributed by atoms with Gasteiger partial charge in [-0.05, 0) is 58.0 Å². The maximum atomic E-state index is 11.4. The van der Waals surface area contributed by atoms with Gasteiger partial charge in [-0.1, -0.05) is 54.0 Å². The van der Waals surface area contributed by atoms with E-state index < -0.39 is 5.97 Å². The quantitative estimate of drug-likeness (QED) is 0.220. The van der Waals surface area contributed by atoms with Gasteiger partial charge in [-0.2, -0.15) is 0 Å². The van der Waals surface area contributed by atoms with Crippen LogP contribution in [0.15, 0.2) is 46.9 Å². The average molecular weight is 539 g/mol. The van der Waals surface area contributed by atoms with E-state index in [1.54, 1.807) is 32.0 Å². The van der Waals surface area contributed by atoms with Crippen molar-refractivity contribution in [2.24, 2.45) is 0 Å². The molecule has 8 heteroatoms. The predicted molar refractivity (Wildman–Crippen MR) is 139 cm³/mol. The molecule has 1 N–H and O–H groups in total. The van der Waals surface area contributed by atoms with E-state index >= 15 is 0 Å². The lowest BCUT2D eigenvalue weighted by Gasteiger charge is -1.96. The van der Waals surface area contributed by atoms with Gasteiger partial charge in [0, 0.05) is 5.39 Å². The summed E-state index contributed by atoms with van der Waals surface area (Å²) in [6.45, 7) is 8.23. The van der Waals surface area contributed by atoms with Gasteiger partial charge in [-0.3, -0.25) is 9.59 Å². The zero-order valence-corrected chi connectivity index (χ0v) is 20.1. The second-order valence-electron chi connectivity index (χ2n) is 6.49. The SMILES string of the molecule is C.C.CCOC(=O)CBr.CCOC(=O)c1cc2cc(C)ccc2o1.Cc1ccc(O)c(C=O)c1. The van der Waals surface area contributed by atoms with Crippen LogP contribution in [0.4, 0.5) is 0 Å². The van der Waals surface area contributed by atoms with Crippen molar-refractivity contribution in [1.29, 1.82) is 0 Å². The van der Waals surface area contributed by atoms with Crippen molar-refractivity contribution in [2.45, 2.75) is 42.5 Å². The molecular weight excluding hydrogens is 504 g/mol. The van der Waals surface area contributed by atoms with E-state index in [-0.39, 0.29) is 32.3 Å². The smallest absolute Gasteiger partial charge is 0.374 e. The number of rotatable bonds is 5. The third-order valence-electron chi connectivity index (χ3n) is 3.87. The number of benzene rings is 2. The molecule has 0 aliphatic carbocycles. The Kier molecular flexibility index (Phi) is 16.9. The monoisotopic (exact) mass is 538 g/mol. The summed E-state index contributed by atoms with van der Waals surface area (Å²) in [5, 5.41) is 10.2. The van der Waals surface area contributed by atoms with E-state index in [2.05, 4.69) is 20.7 Å². The fourth-order valence-electron chi connectivity index (χ4n) is 2.43. The van der Waals surface area contributed by atoms with Gasteiger partial charge in [0.25, 0.3) is 0 Å². The van der Waals surface area contributed by atoms with Crippen LogP contribution in [0.3, 0.4) is 0 Å². The van der Waals surface area contributed by atoms with Crippen LogP contribution < -0.4 is 0 Å². The second-order valence-corrected chi connectivity index (χ2v) is 7.05. The number of aromatic hydroxyl groups is 1. The zero-order valence-electron chi connectivity index (χ0n) is 18.5. The molecule has 0 amide bonds. The van der Waals surface area contributed by atoms with Gasteiger partial charge in [0.15, 0.2) is 6.29 Å². The minimum absolute atomic E-state index is 0. The molecular formula is C26H35BrO7. The number of halogens is 1. The fourth-order valence-corrected chi connectivity index (χ4v) is 2.60. The Balaban J connectivity index is 0. The van der Waals surface area contributed by atoms with E-state index in [1.165, 1.54) is 6.07 Å². The Hall–Kier alpha value is -3.13. The van der Waals surface area contributed by atoms with Gasteiger partial charge < -0.3 is 19.0 Å². The van der Waals surface area contributed by atoms with Crippen LogP contribution in [0.1, 0.15) is 60.7 Å². The van der Waals surface area contributed by atoms with Gasteiger partial charge in [-0.15, -0.1) is 0 Å². The molecule has 0 radical (unpaired) electrons. The van der Waals surface area contributed by atoms with Crippen molar-refractivity contribution >= 4 is 45.1 Å². The lowest BCUT2D eigenvalue weighted by atomic mass is 10.1. The molecule has 0 spiro atoms. The second kappa shape index (κ2) is 17.4. The number of aryl methyl sites for hydroxylation is 2. The maximum Gasteiger partial charge on any atom is 0.374 e. The van der Waals surface area contributed by atoms with Gasteiger partial charge in [0.2, 0.25) is 5.76 Å². The molecule has 0 unspecified atom stereocenters. The molecule has 1 heterocycles. The minimum atomic E-state index is -0.411. The van der Waals surface area contributed by atoms with E-state index in [0.29, 0.717) is 36.0 Å². The number of fused-ring (bicyclic) bond motifs is 1. The highest BCUT2D eigenvalue weighted by Crippen LogP contribution is 2.21. The van der Waals surface area contributed by atoms with Gasteiger partial charge in [-0.25, -0.2) is 4.79 Å². The first-order valence-corrected chi connectivity index (χ1v) is 11.0. The number of hydrogen-bond donors (Lipinski definition) is 1. The highest BCUT2D eigenvalue weighted by Gasteiger charge is 2.12. The molecule has 1 aromatic heterocycles. The van der Waals surface area contributed by atoms with Crippen LogP contribution in [0.2, 0.25) is 0 Å². The van der Waals surface area contributed by atoms with Crippen LogP contribution >= 0.6 is 15.9 Å². The first-order valence-electron chi connectivity index (χ1n) is 9.89. The van der Waals surface area contributed by atoms with Crippen molar-refractivity contribution in [3.05, 3.63) is 64.9 Å². The van der Waals surface area contributed by atoms with Crippen LogP contribution in [-0.4, -0.2) is 41.9 Å². The molecule has 0 aliphatic rings. The summed E-state index contributed by atoms with van der Waals surface area (Å²) in [6.07, 6.45) is 0.641. The normalized spacial score (nSPS) is 9.09. The minimum Gasteiger partial charge on any atom is -0.507 e. The Morgan fingerprint density at radius 1 is 0.971 bits per heavy atom. The molecule has 2 aromatic carbocycles. The fraction of sp³-hybridized carbons (Fsp3) is 0.346. The lowest BCUT2D eigenvalue weighted by Crippen LogP contribution is -2.03. The summed E-state index contributed by atoms with van der Waals surface area (Å²) < 4.78 is 14.7. The lowest BCUT2D eigenvalue weighted by molar-refractivity contribution is -0.139. The predicted octanol–water partition coefficient (Wildman–Crippen LogP) is 6.65. The first kappa shape index (κ1) is 33.0. The van der Waals surface area contributed by atoms with E-state index in [9.17, 15) is 14.4 Å². The molecule has 188 valence electrons. The number of phenols is 1. The van der Waals surface area contributed by atoms with Gasteiger partial charge >= 0.3 is 11.9 Å². The van der Waals surface area contributed by atoms with Crippen LogP contribution in [0, 0.1) is 13.8 Å². The molecule has 7 nitrogen and oxygen atoms in total. The topological polar surface area (TPSA) is 103 Å². The highest BCUT2D eigenvalue weighted by atomic mass is 79.9. The highest BCUT2D eigenvalue weighted by molar-refractivity contribution is 9.09. The summed E-state index contributed by atoms with van der Waals surface area (Å²) in [4.78, 5) is 31.7. The molecule has 3 aromatic rings. The van der Waals surface area contributed by atoms with Crippen molar-refractivity contribution in [3.8, 4) is 5.75 Å². The number of hydrogen-bond acceptors (Lipinski definition) is 7. The van der Waals surface area contributed by atoms with Crippen molar-refractivity contribution in [1.82, 2.24) is 0 Å². The average Bonchev–Trinajstić information content (AvgIpc) is 3.20. The van der Waals surface area contributed by atoms with E-state index in [0.717, 1.165) is 16.5 Å². The number of carbonyl (C=O) groups excluding carboxylic acids is 3. The van der Waals surface area contributed by atoms with Crippen LogP contribution in [0.25, 0.3) is 11.0 Å². The molecule has 34 heavy (non-hydrogen) atoms. The Morgan fingerprint density at radius 2 is 1.56 bits per heavy atom. The number of esters is 2. The van der Waals surface area contributed by atoms with Crippen LogP contribution in [0.5, 0.6) is 5.75 Å². The summed E-state index contributed by atoms with van der Waals surface area (Å²) in [6, 6.07) is 12.4. The molecule has 0 saturated carbocycles. The van der Waals surface area contributed by atoms with Crippen molar-refractivity contribution in [2.75, 3.05) is 18.5 Å². The Labute approximate surface area is 210 Å². The maximum absolute atomic E-state index is 11.4. The van der Waals surface area contributed by atoms with Gasteiger partial charge in [0.1, 0.15) is 16.7 Å². The van der Waals surface area contributed by atoms with E-state index in [4.69, 9.17) is 14.3 Å². The van der Waals surface area contributed by atoms with Gasteiger partial charge in [0.05, 0.1) is 18.8 Å². The Morgan fingerprint density at radius 3 is 2.06 bits per heavy atom. The number of aldehydes is 1. The summed E-state index contributed by atoms with van der Waals surface area (Å²) in [5.41, 5.74) is 3.17. The molecule has 0 bridgehead atoms. The summed E-state index contributed by atoms with van der Waals surface area (Å²) in [5.74, 6) is -0.313. The molecule has 0 fully saturated rings. The number of carbonyl (C=O) groups is 3. The number of furan rings is 1. The first-order chi connectivity index (χ1) is 15.2. The third kappa shape index (κ3) is 11.1. The van der Waals surface area contributed by atoms with E-state index in [1.807, 2.05) is 32.0 Å². The number of alkyl halides is 1. The molecule has 0 aliphatic heterocycles. The Bertz CT molecular complexity index is 1040. The van der Waals surface area contributed by atoms with Crippen molar-refractivity contribution in [3.63, 3.8) is 0 Å². The third-order valence-corrected chi connectivity index (χ3v) is 4.33. The molecule has 3 rings (SSSR count). The molecule has 0 saturated heterocycles. The number of ether oxygens (including phenoxy) is 2. The summed E-state index contributed by atoms with van der Waals surface area (Å²) in [7, 11) is 0. The standard InChI is InChI=1S/C12H12O3.C8H8O2.C4H7BrO2.2CH4/c1-3-14-12(13)11-7-9-6-8(2)4-5-10(9)15-11;1-6-2-3-8(10)7(4-6)5-9;1-2-7-4(6)3-5;;/h4-7H,3H2,1-2H3;2-5,10H,1H3;2-3H2,1H3;2*1H4. The number of phenolic OH excluding ortho intramolecular Hbond substituents is 1. The molecule has 0 atom stereocenters. The zero-order chi connectivity index (χ0) is 24.1. The van der Waals surface area contributed by atoms with Crippen LogP contribution in [-0.2, 0) is 14.3 Å². The summed E-state index contributed by atoms with van der Waals surface area (Å²) >= 11 is 2.94. The largest absolute Gasteiger partial charge is 0.507 e.